The summed E-state index contributed by atoms with van der Waals surface area (Å²) in [5.41, 5.74) is 3.07. The Morgan fingerprint density at radius 1 is 1.00 bits per heavy atom. The maximum absolute atomic E-state index is 13.0. The lowest BCUT2D eigenvalue weighted by atomic mass is 10.0. The Hall–Kier alpha value is -3.97. The summed E-state index contributed by atoms with van der Waals surface area (Å²) in [6.45, 7) is 6.01. The van der Waals surface area contributed by atoms with Gasteiger partial charge in [-0.15, -0.1) is 11.3 Å². The van der Waals surface area contributed by atoms with Crippen molar-refractivity contribution in [1.82, 2.24) is 14.7 Å². The summed E-state index contributed by atoms with van der Waals surface area (Å²) in [6.07, 6.45) is 4.90. The first-order chi connectivity index (χ1) is 17.3. The molecule has 184 valence electrons. The van der Waals surface area contributed by atoms with E-state index in [1.165, 1.54) is 6.08 Å². The average molecular weight is 500 g/mol. The zero-order valence-corrected chi connectivity index (χ0v) is 21.4. The van der Waals surface area contributed by atoms with Crippen LogP contribution < -0.4 is 0 Å². The Bertz CT molecular complexity index is 1320. The molecule has 0 aliphatic heterocycles. The third-order valence-corrected chi connectivity index (χ3v) is 6.43. The normalized spacial score (nSPS) is 11.5. The zero-order chi connectivity index (χ0) is 25.5. The summed E-state index contributed by atoms with van der Waals surface area (Å²) < 4.78 is 7.11. The van der Waals surface area contributed by atoms with Gasteiger partial charge in [0.15, 0.2) is 6.61 Å². The van der Waals surface area contributed by atoms with Crippen molar-refractivity contribution in [2.75, 3.05) is 6.61 Å². The molecule has 0 N–H and O–H groups in total. The van der Waals surface area contributed by atoms with Gasteiger partial charge in [0.1, 0.15) is 5.69 Å². The molecule has 0 aliphatic carbocycles. The van der Waals surface area contributed by atoms with Crippen molar-refractivity contribution < 1.29 is 14.3 Å². The predicted molar refractivity (Wildman–Crippen MR) is 144 cm³/mol. The van der Waals surface area contributed by atoms with Crippen molar-refractivity contribution in [2.24, 2.45) is 0 Å². The molecule has 0 saturated carbocycles. The van der Waals surface area contributed by atoms with Crippen molar-refractivity contribution in [3.05, 3.63) is 102 Å². The van der Waals surface area contributed by atoms with E-state index in [-0.39, 0.29) is 12.5 Å². The molecule has 2 heterocycles. The van der Waals surface area contributed by atoms with Gasteiger partial charge in [-0.05, 0) is 56.0 Å². The van der Waals surface area contributed by atoms with Crippen LogP contribution in [0.15, 0.2) is 90.4 Å². The lowest BCUT2D eigenvalue weighted by molar-refractivity contribution is -0.151. The molecule has 0 aliphatic rings. The number of para-hydroxylation sites is 1. The smallest absolute Gasteiger partial charge is 0.331 e. The minimum absolute atomic E-state index is 0.246. The highest BCUT2D eigenvalue weighted by Crippen LogP contribution is 2.28. The number of aromatic nitrogens is 2. The molecule has 36 heavy (non-hydrogen) atoms. The van der Waals surface area contributed by atoms with Crippen molar-refractivity contribution in [2.45, 2.75) is 32.9 Å². The summed E-state index contributed by atoms with van der Waals surface area (Å²) in [6, 6.07) is 23.5. The summed E-state index contributed by atoms with van der Waals surface area (Å²) >= 11 is 1.58. The Kier molecular flexibility index (Phi) is 7.80. The number of benzene rings is 2. The minimum Gasteiger partial charge on any atom is -0.452 e. The van der Waals surface area contributed by atoms with E-state index < -0.39 is 11.5 Å². The first-order valence-electron chi connectivity index (χ1n) is 11.7. The van der Waals surface area contributed by atoms with Crippen LogP contribution in [0.3, 0.4) is 0 Å². The average Bonchev–Trinajstić information content (AvgIpc) is 3.55. The number of carbonyl (C=O) groups excluding carboxylic acids is 2. The quantitative estimate of drug-likeness (QED) is 0.221. The van der Waals surface area contributed by atoms with Crippen LogP contribution in [0, 0.1) is 0 Å². The summed E-state index contributed by atoms with van der Waals surface area (Å²) in [5.74, 6) is -0.828. The fraction of sp³-hybridized carbons (Fsp3) is 0.207. The monoisotopic (exact) mass is 499 g/mol. The van der Waals surface area contributed by atoms with Crippen LogP contribution in [-0.4, -0.2) is 38.7 Å². The van der Waals surface area contributed by atoms with Crippen LogP contribution >= 0.6 is 11.3 Å². The van der Waals surface area contributed by atoms with Crippen LogP contribution in [0.5, 0.6) is 0 Å². The number of ether oxygens (including phenoxy) is 1. The van der Waals surface area contributed by atoms with Crippen molar-refractivity contribution >= 4 is 29.3 Å². The van der Waals surface area contributed by atoms with Crippen LogP contribution in [0.25, 0.3) is 22.3 Å². The van der Waals surface area contributed by atoms with Gasteiger partial charge >= 0.3 is 5.97 Å². The number of amides is 1. The van der Waals surface area contributed by atoms with E-state index in [0.717, 1.165) is 27.4 Å². The van der Waals surface area contributed by atoms with Crippen LogP contribution in [-0.2, 0) is 20.9 Å². The molecule has 0 radical (unpaired) electrons. The lowest BCUT2D eigenvalue weighted by Gasteiger charge is -2.35. The van der Waals surface area contributed by atoms with Crippen molar-refractivity contribution in [1.29, 1.82) is 0 Å². The maximum Gasteiger partial charge on any atom is 0.331 e. The summed E-state index contributed by atoms with van der Waals surface area (Å²) in [4.78, 5) is 28.2. The van der Waals surface area contributed by atoms with E-state index in [1.54, 1.807) is 27.0 Å². The molecule has 0 bridgehead atoms. The largest absolute Gasteiger partial charge is 0.452 e. The van der Waals surface area contributed by atoms with Gasteiger partial charge in [0.2, 0.25) is 0 Å². The number of carbonyl (C=O) groups is 2. The predicted octanol–water partition coefficient (Wildman–Crippen LogP) is 5.98. The van der Waals surface area contributed by atoms with Gasteiger partial charge in [0.25, 0.3) is 5.91 Å². The topological polar surface area (TPSA) is 64.4 Å². The molecule has 7 heteroatoms. The number of thiophene rings is 1. The second kappa shape index (κ2) is 11.2. The Labute approximate surface area is 215 Å². The molecule has 4 rings (SSSR count). The second-order valence-electron chi connectivity index (χ2n) is 9.27. The van der Waals surface area contributed by atoms with E-state index >= 15 is 0 Å². The number of nitrogens with zero attached hydrogens (tertiary/aromatic N) is 3. The van der Waals surface area contributed by atoms with Gasteiger partial charge in [-0.25, -0.2) is 9.48 Å². The van der Waals surface area contributed by atoms with Gasteiger partial charge < -0.3 is 9.64 Å². The molecule has 1 amide bonds. The van der Waals surface area contributed by atoms with Gasteiger partial charge in [-0.2, -0.15) is 5.10 Å². The second-order valence-corrected chi connectivity index (χ2v) is 10.2. The Morgan fingerprint density at radius 2 is 1.69 bits per heavy atom. The number of esters is 1. The molecule has 6 nitrogen and oxygen atoms in total. The standard InChI is InChI=1S/C29H29N3O3S/c1-29(2,3)31(19-22-11-6-4-7-12-22)26(33)21-35-27(34)17-16-23-20-32(24-13-8-5-9-14-24)30-28(23)25-15-10-18-36-25/h4-18,20H,19,21H2,1-3H3. The van der Waals surface area contributed by atoms with E-state index in [1.807, 2.05) is 105 Å². The summed E-state index contributed by atoms with van der Waals surface area (Å²) in [5, 5.41) is 6.71. The Balaban J connectivity index is 1.45. The maximum atomic E-state index is 13.0. The first kappa shape index (κ1) is 25.1. The third-order valence-electron chi connectivity index (χ3n) is 5.55. The molecular formula is C29H29N3O3S. The van der Waals surface area contributed by atoms with Gasteiger partial charge in [-0.1, -0.05) is 54.6 Å². The highest BCUT2D eigenvalue weighted by atomic mass is 32.1. The third kappa shape index (κ3) is 6.37. The van der Waals surface area contributed by atoms with Crippen molar-refractivity contribution in [3.63, 3.8) is 0 Å². The van der Waals surface area contributed by atoms with Crippen molar-refractivity contribution in [3.8, 4) is 16.3 Å². The highest BCUT2D eigenvalue weighted by Gasteiger charge is 2.27. The lowest BCUT2D eigenvalue weighted by Crippen LogP contribution is -2.46. The minimum atomic E-state index is -0.582. The molecule has 4 aromatic rings. The Morgan fingerprint density at radius 3 is 2.33 bits per heavy atom. The summed E-state index contributed by atoms with van der Waals surface area (Å²) in [7, 11) is 0. The fourth-order valence-electron chi connectivity index (χ4n) is 3.71. The van der Waals surface area contributed by atoms with E-state index in [9.17, 15) is 9.59 Å². The fourth-order valence-corrected chi connectivity index (χ4v) is 4.44. The zero-order valence-electron chi connectivity index (χ0n) is 20.6. The van der Waals surface area contributed by atoms with Crippen LogP contribution in [0.2, 0.25) is 0 Å². The molecule has 0 unspecified atom stereocenters. The molecule has 2 aromatic carbocycles. The van der Waals surface area contributed by atoms with Crippen LogP contribution in [0.4, 0.5) is 0 Å². The van der Waals surface area contributed by atoms with Gasteiger partial charge in [0.05, 0.1) is 10.6 Å². The molecule has 0 atom stereocenters. The van der Waals surface area contributed by atoms with Gasteiger partial charge in [0, 0.05) is 29.9 Å². The number of hydrogen-bond acceptors (Lipinski definition) is 5. The van der Waals surface area contributed by atoms with Crippen LogP contribution in [0.1, 0.15) is 31.9 Å². The van der Waals surface area contributed by atoms with E-state index in [0.29, 0.717) is 6.54 Å². The molecule has 0 spiro atoms. The highest BCUT2D eigenvalue weighted by molar-refractivity contribution is 7.13. The molecular weight excluding hydrogens is 470 g/mol. The van der Waals surface area contributed by atoms with E-state index in [4.69, 9.17) is 9.84 Å². The first-order valence-corrected chi connectivity index (χ1v) is 12.6. The molecule has 0 saturated heterocycles. The molecule has 0 fully saturated rings. The number of hydrogen-bond donors (Lipinski definition) is 0. The van der Waals surface area contributed by atoms with E-state index in [2.05, 4.69) is 0 Å². The molecule has 2 aromatic heterocycles. The number of rotatable bonds is 8. The van der Waals surface area contributed by atoms with Gasteiger partial charge in [-0.3, -0.25) is 4.79 Å². The SMILES string of the molecule is CC(C)(C)N(Cc1ccccc1)C(=O)COC(=O)C=Cc1cn(-c2ccccc2)nc1-c1cccs1.